The molecule has 1 atom stereocenters. The molecule has 0 spiro atoms. The molecule has 1 aliphatic heterocycles. The third-order valence-electron chi connectivity index (χ3n) is 5.65. The fourth-order valence-electron chi connectivity index (χ4n) is 3.86. The van der Waals surface area contributed by atoms with Gasteiger partial charge in [-0.25, -0.2) is 14.6 Å². The molecular weight excluding hydrogens is 388 g/mol. The molecule has 4 rings (SSSR count). The molecule has 0 amide bonds. The van der Waals surface area contributed by atoms with Crippen molar-refractivity contribution < 1.29 is 0 Å². The highest BCUT2D eigenvalue weighted by Gasteiger charge is 2.23. The zero-order chi connectivity index (χ0) is 22.0. The molecular formula is C23H32N8. The second-order valence-electron chi connectivity index (χ2n) is 8.58. The summed E-state index contributed by atoms with van der Waals surface area (Å²) in [7, 11) is 5.84. The molecule has 1 aromatic carbocycles. The van der Waals surface area contributed by atoms with Crippen LogP contribution in [-0.4, -0.2) is 52.9 Å². The van der Waals surface area contributed by atoms with E-state index in [4.69, 9.17) is 4.98 Å². The number of nitrogens with zero attached hydrogens (tertiary/aromatic N) is 6. The second-order valence-corrected chi connectivity index (χ2v) is 8.58. The van der Waals surface area contributed by atoms with Gasteiger partial charge in [-0.2, -0.15) is 5.10 Å². The van der Waals surface area contributed by atoms with Crippen LogP contribution in [0.1, 0.15) is 43.4 Å². The van der Waals surface area contributed by atoms with Crippen molar-refractivity contribution in [3.05, 3.63) is 47.5 Å². The van der Waals surface area contributed by atoms with Gasteiger partial charge in [-0.3, -0.25) is 4.99 Å². The number of fused-ring (bicyclic) bond motifs is 2. The van der Waals surface area contributed by atoms with Crippen molar-refractivity contribution in [3.8, 4) is 0 Å². The van der Waals surface area contributed by atoms with E-state index in [1.807, 2.05) is 36.8 Å². The number of pyridine rings is 1. The molecule has 3 aromatic rings. The van der Waals surface area contributed by atoms with Gasteiger partial charge >= 0.3 is 0 Å². The van der Waals surface area contributed by atoms with E-state index in [2.05, 4.69) is 63.8 Å². The largest absolute Gasteiger partial charge is 0.363 e. The lowest BCUT2D eigenvalue weighted by Crippen LogP contribution is -2.46. The number of para-hydroxylation sites is 1. The van der Waals surface area contributed by atoms with Crippen LogP contribution < -0.4 is 15.5 Å². The maximum absolute atomic E-state index is 4.75. The molecule has 31 heavy (non-hydrogen) atoms. The lowest BCUT2D eigenvalue weighted by molar-refractivity contribution is 0.391. The van der Waals surface area contributed by atoms with Crippen molar-refractivity contribution in [2.24, 2.45) is 4.99 Å². The van der Waals surface area contributed by atoms with E-state index in [0.717, 1.165) is 53.7 Å². The van der Waals surface area contributed by atoms with Gasteiger partial charge in [0.2, 0.25) is 0 Å². The molecule has 0 fully saturated rings. The molecule has 2 aromatic heterocycles. The van der Waals surface area contributed by atoms with Crippen molar-refractivity contribution in [2.45, 2.75) is 51.7 Å². The molecule has 164 valence electrons. The Morgan fingerprint density at radius 3 is 2.81 bits per heavy atom. The third-order valence-corrected chi connectivity index (χ3v) is 5.65. The lowest BCUT2D eigenvalue weighted by Gasteiger charge is -2.25. The van der Waals surface area contributed by atoms with Crippen LogP contribution in [0.4, 0.5) is 5.82 Å². The van der Waals surface area contributed by atoms with Crippen LogP contribution in [-0.2, 0) is 19.5 Å². The number of benzene rings is 1. The number of hydrogen-bond acceptors (Lipinski definition) is 5. The first-order valence-corrected chi connectivity index (χ1v) is 10.9. The molecule has 1 aliphatic rings. The summed E-state index contributed by atoms with van der Waals surface area (Å²) in [6.07, 6.45) is 1.94. The molecule has 0 aliphatic carbocycles. The molecule has 0 saturated heterocycles. The summed E-state index contributed by atoms with van der Waals surface area (Å²) in [4.78, 5) is 15.9. The van der Waals surface area contributed by atoms with Crippen LogP contribution in [0.3, 0.4) is 0 Å². The minimum Gasteiger partial charge on any atom is -0.363 e. The maximum Gasteiger partial charge on any atom is 0.191 e. The number of aromatic nitrogens is 4. The normalized spacial score (nSPS) is 16.5. The summed E-state index contributed by atoms with van der Waals surface area (Å²) in [6.45, 7) is 5.74. The number of anilines is 1. The fourth-order valence-corrected chi connectivity index (χ4v) is 3.86. The highest BCUT2D eigenvalue weighted by Crippen LogP contribution is 2.22. The highest BCUT2D eigenvalue weighted by molar-refractivity contribution is 5.85. The number of aliphatic imine (C=N–C) groups is 1. The first-order valence-electron chi connectivity index (χ1n) is 10.9. The topological polar surface area (TPSA) is 83.3 Å². The van der Waals surface area contributed by atoms with E-state index in [1.165, 1.54) is 5.56 Å². The Labute approximate surface area is 183 Å². The Balaban J connectivity index is 1.45. The molecule has 2 N–H and O–H groups in total. The van der Waals surface area contributed by atoms with Gasteiger partial charge in [0.1, 0.15) is 11.6 Å². The van der Waals surface area contributed by atoms with Gasteiger partial charge in [-0.1, -0.05) is 32.0 Å². The predicted octanol–water partition coefficient (Wildman–Crippen LogP) is 2.70. The molecule has 0 bridgehead atoms. The average Bonchev–Trinajstić information content (AvgIpc) is 3.20. The molecule has 0 saturated carbocycles. The summed E-state index contributed by atoms with van der Waals surface area (Å²) in [6, 6.07) is 10.7. The SMILES string of the molecule is CN=C(NCc1cc(N(C)C)nc2ccccc12)NC1CCc2nc(C(C)C)nn2C1. The van der Waals surface area contributed by atoms with E-state index >= 15 is 0 Å². The van der Waals surface area contributed by atoms with E-state index in [1.54, 1.807) is 0 Å². The summed E-state index contributed by atoms with van der Waals surface area (Å²) >= 11 is 0. The van der Waals surface area contributed by atoms with Gasteiger partial charge in [0.15, 0.2) is 11.8 Å². The standard InChI is InChI=1S/C23H32N8/c1-15(2)22-28-20-11-10-17(14-31(20)29-22)26-23(24-3)25-13-16-12-21(30(4)5)27-19-9-7-6-8-18(16)19/h6-9,12,15,17H,10-11,13-14H2,1-5H3,(H2,24,25,26). The smallest absolute Gasteiger partial charge is 0.191 e. The van der Waals surface area contributed by atoms with Crippen LogP contribution in [0, 0.1) is 0 Å². The van der Waals surface area contributed by atoms with Crippen molar-refractivity contribution in [1.29, 1.82) is 0 Å². The first-order chi connectivity index (χ1) is 14.9. The Hall–Kier alpha value is -3.16. The fraction of sp³-hybridized carbons (Fsp3) is 0.478. The number of nitrogens with one attached hydrogen (secondary N) is 2. The highest BCUT2D eigenvalue weighted by atomic mass is 15.4. The van der Waals surface area contributed by atoms with Crippen LogP contribution in [0.2, 0.25) is 0 Å². The minimum absolute atomic E-state index is 0.270. The quantitative estimate of drug-likeness (QED) is 0.488. The average molecular weight is 421 g/mol. The van der Waals surface area contributed by atoms with Gasteiger partial charge in [0.05, 0.1) is 12.1 Å². The Morgan fingerprint density at radius 1 is 1.26 bits per heavy atom. The van der Waals surface area contributed by atoms with Gasteiger partial charge in [0, 0.05) is 51.5 Å². The Bertz CT molecular complexity index is 1080. The third kappa shape index (κ3) is 4.62. The monoisotopic (exact) mass is 420 g/mol. The molecule has 3 heterocycles. The van der Waals surface area contributed by atoms with Crippen molar-refractivity contribution in [1.82, 2.24) is 30.4 Å². The van der Waals surface area contributed by atoms with Crippen LogP contribution >= 0.6 is 0 Å². The number of rotatable bonds is 5. The van der Waals surface area contributed by atoms with Crippen LogP contribution in [0.5, 0.6) is 0 Å². The van der Waals surface area contributed by atoms with E-state index in [0.29, 0.717) is 12.5 Å². The number of guanidine groups is 1. The lowest BCUT2D eigenvalue weighted by atomic mass is 10.1. The van der Waals surface area contributed by atoms with Gasteiger partial charge in [-0.05, 0) is 24.1 Å². The summed E-state index contributed by atoms with van der Waals surface area (Å²) in [5.41, 5.74) is 2.20. The molecule has 8 heteroatoms. The van der Waals surface area contributed by atoms with E-state index < -0.39 is 0 Å². The first kappa shape index (κ1) is 21.1. The predicted molar refractivity (Wildman–Crippen MR) is 126 cm³/mol. The summed E-state index contributed by atoms with van der Waals surface area (Å²) in [5.74, 6) is 4.11. The van der Waals surface area contributed by atoms with Gasteiger partial charge < -0.3 is 15.5 Å². The maximum atomic E-state index is 4.75. The Morgan fingerprint density at radius 2 is 2.06 bits per heavy atom. The Kier molecular flexibility index (Phi) is 6.06. The summed E-state index contributed by atoms with van der Waals surface area (Å²) < 4.78 is 2.05. The van der Waals surface area contributed by atoms with Gasteiger partial charge in [-0.15, -0.1) is 0 Å². The zero-order valence-electron chi connectivity index (χ0n) is 19.1. The zero-order valence-corrected chi connectivity index (χ0v) is 19.1. The van der Waals surface area contributed by atoms with E-state index in [9.17, 15) is 0 Å². The molecule has 1 unspecified atom stereocenters. The van der Waals surface area contributed by atoms with Crippen LogP contribution in [0.25, 0.3) is 10.9 Å². The van der Waals surface area contributed by atoms with E-state index in [-0.39, 0.29) is 6.04 Å². The van der Waals surface area contributed by atoms with Gasteiger partial charge in [0.25, 0.3) is 0 Å². The van der Waals surface area contributed by atoms with Crippen molar-refractivity contribution in [3.63, 3.8) is 0 Å². The molecule has 8 nitrogen and oxygen atoms in total. The second kappa shape index (κ2) is 8.91. The minimum atomic E-state index is 0.270. The number of aryl methyl sites for hydroxylation is 1. The summed E-state index contributed by atoms with van der Waals surface area (Å²) in [5, 5.41) is 12.9. The van der Waals surface area contributed by atoms with Crippen molar-refractivity contribution in [2.75, 3.05) is 26.0 Å². The molecule has 0 radical (unpaired) electrons. The van der Waals surface area contributed by atoms with Crippen molar-refractivity contribution >= 4 is 22.7 Å². The van der Waals surface area contributed by atoms with Crippen LogP contribution in [0.15, 0.2) is 35.3 Å². The number of hydrogen-bond donors (Lipinski definition) is 2.